The smallest absolute Gasteiger partial charge is 0.132 e. The Morgan fingerprint density at radius 3 is 2.43 bits per heavy atom. The van der Waals surface area contributed by atoms with E-state index in [1.165, 1.54) is 6.42 Å². The molecule has 0 aliphatic rings. The SMILES string of the molecule is CCC(=O)CCCCCCCC=C=O. The van der Waals surface area contributed by atoms with Crippen LogP contribution in [0.4, 0.5) is 0 Å². The first-order valence-corrected chi connectivity index (χ1v) is 5.52. The molecule has 0 bridgehead atoms. The normalized spacial score (nSPS) is 9.50. The molecule has 0 aromatic heterocycles. The van der Waals surface area contributed by atoms with Gasteiger partial charge in [-0.3, -0.25) is 4.79 Å². The first kappa shape index (κ1) is 13.1. The van der Waals surface area contributed by atoms with E-state index in [9.17, 15) is 9.59 Å². The van der Waals surface area contributed by atoms with Gasteiger partial charge in [0.05, 0.1) is 0 Å². The predicted molar refractivity (Wildman–Crippen MR) is 57.9 cm³/mol. The van der Waals surface area contributed by atoms with Crippen molar-refractivity contribution in [2.24, 2.45) is 0 Å². The van der Waals surface area contributed by atoms with Crippen molar-refractivity contribution < 1.29 is 9.59 Å². The van der Waals surface area contributed by atoms with Crippen LogP contribution in [0.2, 0.25) is 0 Å². The third kappa shape index (κ3) is 9.21. The molecule has 0 spiro atoms. The number of rotatable bonds is 9. The highest BCUT2D eigenvalue weighted by atomic mass is 16.1. The Bertz CT molecular complexity index is 190. The van der Waals surface area contributed by atoms with Gasteiger partial charge in [-0.2, -0.15) is 0 Å². The Kier molecular flexibility index (Phi) is 9.56. The van der Waals surface area contributed by atoms with Gasteiger partial charge in [0.15, 0.2) is 0 Å². The van der Waals surface area contributed by atoms with Gasteiger partial charge in [0.1, 0.15) is 11.7 Å². The number of carbonyl (C=O) groups is 1. The highest BCUT2D eigenvalue weighted by Gasteiger charge is 1.97. The maximum absolute atomic E-state index is 10.9. The quantitative estimate of drug-likeness (QED) is 0.419. The molecule has 0 unspecified atom stereocenters. The lowest BCUT2D eigenvalue weighted by atomic mass is 10.1. The molecule has 14 heavy (non-hydrogen) atoms. The number of Topliss-reactive ketones (excluding diaryl/α,β-unsaturated/α-hetero) is 1. The second kappa shape index (κ2) is 10.2. The van der Waals surface area contributed by atoms with Crippen LogP contribution in [0.25, 0.3) is 0 Å². The number of hydrogen-bond donors (Lipinski definition) is 0. The summed E-state index contributed by atoms with van der Waals surface area (Å²) in [6.45, 7) is 1.91. The second-order valence-corrected chi connectivity index (χ2v) is 3.52. The molecule has 2 heteroatoms. The maximum Gasteiger partial charge on any atom is 0.132 e. The molecule has 0 atom stereocenters. The van der Waals surface area contributed by atoms with E-state index in [0.29, 0.717) is 12.2 Å². The Labute approximate surface area is 86.4 Å². The number of ketones is 1. The van der Waals surface area contributed by atoms with Gasteiger partial charge in [0.25, 0.3) is 0 Å². The van der Waals surface area contributed by atoms with Crippen LogP contribution in [-0.2, 0) is 9.59 Å². The molecule has 0 N–H and O–H groups in total. The number of hydrogen-bond acceptors (Lipinski definition) is 2. The average molecular weight is 196 g/mol. The highest BCUT2D eigenvalue weighted by molar-refractivity contribution is 5.77. The largest absolute Gasteiger partial charge is 0.300 e. The molecule has 0 saturated heterocycles. The first-order chi connectivity index (χ1) is 6.81. The van der Waals surface area contributed by atoms with Crippen LogP contribution in [0.15, 0.2) is 6.08 Å². The summed E-state index contributed by atoms with van der Waals surface area (Å²) in [4.78, 5) is 20.8. The molecular weight excluding hydrogens is 176 g/mol. The first-order valence-electron chi connectivity index (χ1n) is 5.52. The average Bonchev–Trinajstić information content (AvgIpc) is 2.21. The van der Waals surface area contributed by atoms with Crippen LogP contribution in [0.5, 0.6) is 0 Å². The van der Waals surface area contributed by atoms with Crippen molar-refractivity contribution in [3.63, 3.8) is 0 Å². The van der Waals surface area contributed by atoms with E-state index in [4.69, 9.17) is 0 Å². The van der Waals surface area contributed by atoms with Gasteiger partial charge in [-0.1, -0.05) is 26.2 Å². The molecule has 0 rings (SSSR count). The Balaban J connectivity index is 3.06. The van der Waals surface area contributed by atoms with Gasteiger partial charge in [0.2, 0.25) is 0 Å². The van der Waals surface area contributed by atoms with E-state index in [1.807, 2.05) is 6.92 Å². The van der Waals surface area contributed by atoms with Crippen molar-refractivity contribution in [3.8, 4) is 0 Å². The zero-order chi connectivity index (χ0) is 10.6. The summed E-state index contributed by atoms with van der Waals surface area (Å²) >= 11 is 0. The zero-order valence-electron chi connectivity index (χ0n) is 9.05. The molecule has 0 aliphatic carbocycles. The Morgan fingerprint density at radius 1 is 1.14 bits per heavy atom. The topological polar surface area (TPSA) is 34.1 Å². The van der Waals surface area contributed by atoms with E-state index < -0.39 is 0 Å². The number of carbonyl (C=O) groups excluding carboxylic acids is 2. The number of unbranched alkanes of at least 4 members (excludes halogenated alkanes) is 5. The standard InChI is InChI=1S/C12H20O2/c1-2-12(14)10-8-6-4-3-5-7-9-11-13/h9H,2-8,10H2,1H3. The summed E-state index contributed by atoms with van der Waals surface area (Å²) in [5.74, 6) is 2.14. The minimum Gasteiger partial charge on any atom is -0.300 e. The monoisotopic (exact) mass is 196 g/mol. The molecule has 0 heterocycles. The molecule has 0 aromatic carbocycles. The van der Waals surface area contributed by atoms with Gasteiger partial charge < -0.3 is 0 Å². The Morgan fingerprint density at radius 2 is 1.79 bits per heavy atom. The molecule has 0 saturated carbocycles. The van der Waals surface area contributed by atoms with Crippen LogP contribution >= 0.6 is 0 Å². The number of allylic oxidation sites excluding steroid dienone is 1. The van der Waals surface area contributed by atoms with Crippen molar-refractivity contribution in [2.45, 2.75) is 58.3 Å². The molecule has 0 aliphatic heterocycles. The summed E-state index contributed by atoms with van der Waals surface area (Å²) < 4.78 is 0. The third-order valence-corrected chi connectivity index (χ3v) is 2.28. The third-order valence-electron chi connectivity index (χ3n) is 2.28. The van der Waals surface area contributed by atoms with Crippen molar-refractivity contribution in [1.82, 2.24) is 0 Å². The van der Waals surface area contributed by atoms with Crippen LogP contribution in [0.1, 0.15) is 58.3 Å². The minimum atomic E-state index is 0.369. The van der Waals surface area contributed by atoms with Crippen LogP contribution in [0.3, 0.4) is 0 Å². The second-order valence-electron chi connectivity index (χ2n) is 3.52. The molecule has 2 nitrogen and oxygen atoms in total. The van der Waals surface area contributed by atoms with E-state index in [0.717, 1.165) is 38.5 Å². The van der Waals surface area contributed by atoms with Crippen molar-refractivity contribution in [1.29, 1.82) is 0 Å². The van der Waals surface area contributed by atoms with Crippen molar-refractivity contribution in [2.75, 3.05) is 0 Å². The van der Waals surface area contributed by atoms with Gasteiger partial charge in [0, 0.05) is 12.8 Å². The summed E-state index contributed by atoms with van der Waals surface area (Å²) in [5, 5.41) is 0. The molecule has 0 fully saturated rings. The zero-order valence-corrected chi connectivity index (χ0v) is 9.05. The molecule has 80 valence electrons. The van der Waals surface area contributed by atoms with Gasteiger partial charge in [-0.05, 0) is 25.3 Å². The minimum absolute atomic E-state index is 0.369. The molecular formula is C12H20O2. The fourth-order valence-corrected chi connectivity index (χ4v) is 1.33. The lowest BCUT2D eigenvalue weighted by Gasteiger charge is -1.98. The molecule has 0 radical (unpaired) electrons. The molecule has 0 amide bonds. The van der Waals surface area contributed by atoms with E-state index in [1.54, 1.807) is 12.0 Å². The summed E-state index contributed by atoms with van der Waals surface area (Å²) in [6.07, 6.45) is 9.35. The summed E-state index contributed by atoms with van der Waals surface area (Å²) in [7, 11) is 0. The highest BCUT2D eigenvalue weighted by Crippen LogP contribution is 2.07. The predicted octanol–water partition coefficient (Wildman–Crippen LogP) is 3.08. The van der Waals surface area contributed by atoms with Gasteiger partial charge in [-0.25, -0.2) is 4.79 Å². The fraction of sp³-hybridized carbons (Fsp3) is 0.750. The van der Waals surface area contributed by atoms with E-state index >= 15 is 0 Å². The van der Waals surface area contributed by atoms with Gasteiger partial charge >= 0.3 is 0 Å². The van der Waals surface area contributed by atoms with Crippen LogP contribution in [-0.4, -0.2) is 11.7 Å². The Hall–Kier alpha value is -0.880. The summed E-state index contributed by atoms with van der Waals surface area (Å²) in [5.41, 5.74) is 0. The van der Waals surface area contributed by atoms with Crippen LogP contribution in [0, 0.1) is 0 Å². The van der Waals surface area contributed by atoms with E-state index in [-0.39, 0.29) is 0 Å². The lowest BCUT2D eigenvalue weighted by molar-refractivity contribution is -0.118. The summed E-state index contributed by atoms with van der Waals surface area (Å²) in [6, 6.07) is 0. The van der Waals surface area contributed by atoms with Crippen LogP contribution < -0.4 is 0 Å². The van der Waals surface area contributed by atoms with Gasteiger partial charge in [-0.15, -0.1) is 0 Å². The van der Waals surface area contributed by atoms with Crippen molar-refractivity contribution >= 4 is 11.7 Å². The van der Waals surface area contributed by atoms with Crippen molar-refractivity contribution in [3.05, 3.63) is 6.08 Å². The van der Waals surface area contributed by atoms with E-state index in [2.05, 4.69) is 0 Å². The molecule has 0 aromatic rings. The maximum atomic E-state index is 10.9. The fourth-order valence-electron chi connectivity index (χ4n) is 1.33. The lowest BCUT2D eigenvalue weighted by Crippen LogP contribution is -1.93.